The number of aromatic nitrogens is 1. The van der Waals surface area contributed by atoms with Gasteiger partial charge in [0, 0.05) is 54.8 Å². The van der Waals surface area contributed by atoms with Gasteiger partial charge in [0.05, 0.1) is 10.6 Å². The summed E-state index contributed by atoms with van der Waals surface area (Å²) in [5.41, 5.74) is 2.99. The fourth-order valence-electron chi connectivity index (χ4n) is 3.37. The van der Waals surface area contributed by atoms with E-state index in [9.17, 15) is 10.1 Å². The summed E-state index contributed by atoms with van der Waals surface area (Å²) < 4.78 is 0. The summed E-state index contributed by atoms with van der Waals surface area (Å²) in [6.07, 6.45) is 0. The molecule has 3 aromatic rings. The summed E-state index contributed by atoms with van der Waals surface area (Å²) >= 11 is 7.58. The molecule has 4 rings (SSSR count). The van der Waals surface area contributed by atoms with Gasteiger partial charge in [0.2, 0.25) is 0 Å². The minimum atomic E-state index is -0.310. The van der Waals surface area contributed by atoms with Crippen LogP contribution in [0.2, 0.25) is 5.02 Å². The molecule has 1 fully saturated rings. The SMILES string of the molecule is O=[N+]([O-])c1ccccc1N1CCN(Cc2csc(-c3ccc(Cl)cc3)n2)CC1. The van der Waals surface area contributed by atoms with Gasteiger partial charge in [-0.15, -0.1) is 11.3 Å². The number of piperazine rings is 1. The topological polar surface area (TPSA) is 62.5 Å². The molecule has 2 heterocycles. The molecule has 28 heavy (non-hydrogen) atoms. The fourth-order valence-corrected chi connectivity index (χ4v) is 4.31. The van der Waals surface area contributed by atoms with Gasteiger partial charge in [-0.1, -0.05) is 35.9 Å². The Labute approximate surface area is 172 Å². The van der Waals surface area contributed by atoms with Crippen LogP contribution in [0.3, 0.4) is 0 Å². The first kappa shape index (κ1) is 18.9. The van der Waals surface area contributed by atoms with Crippen molar-refractivity contribution >= 4 is 34.3 Å². The zero-order valence-corrected chi connectivity index (χ0v) is 16.7. The molecular formula is C20H19ClN4O2S. The lowest BCUT2D eigenvalue weighted by atomic mass is 10.2. The first-order valence-corrected chi connectivity index (χ1v) is 10.3. The second-order valence-corrected chi connectivity index (χ2v) is 7.95. The third-order valence-electron chi connectivity index (χ3n) is 4.82. The van der Waals surface area contributed by atoms with Gasteiger partial charge in [0.15, 0.2) is 0 Å². The number of para-hydroxylation sites is 2. The molecule has 0 atom stereocenters. The van der Waals surface area contributed by atoms with Gasteiger partial charge < -0.3 is 4.90 Å². The first-order valence-electron chi connectivity index (χ1n) is 9.01. The maximum absolute atomic E-state index is 11.3. The second kappa shape index (κ2) is 8.26. The van der Waals surface area contributed by atoms with Gasteiger partial charge in [0.25, 0.3) is 5.69 Å². The monoisotopic (exact) mass is 414 g/mol. The lowest BCUT2D eigenvalue weighted by Gasteiger charge is -2.35. The highest BCUT2D eigenvalue weighted by atomic mass is 35.5. The number of nitro benzene ring substituents is 1. The number of nitrogens with zero attached hydrogens (tertiary/aromatic N) is 4. The molecule has 0 aliphatic carbocycles. The van der Waals surface area contributed by atoms with Crippen LogP contribution in [-0.4, -0.2) is 41.0 Å². The summed E-state index contributed by atoms with van der Waals surface area (Å²) in [6.45, 7) is 4.01. The van der Waals surface area contributed by atoms with E-state index in [1.165, 1.54) is 0 Å². The van der Waals surface area contributed by atoms with Gasteiger partial charge in [-0.2, -0.15) is 0 Å². The maximum Gasteiger partial charge on any atom is 0.292 e. The minimum absolute atomic E-state index is 0.169. The average Bonchev–Trinajstić information content (AvgIpc) is 3.17. The molecule has 1 aromatic heterocycles. The van der Waals surface area contributed by atoms with E-state index in [-0.39, 0.29) is 10.6 Å². The van der Waals surface area contributed by atoms with Gasteiger partial charge in [0.1, 0.15) is 10.7 Å². The normalized spacial score (nSPS) is 15.0. The molecular weight excluding hydrogens is 396 g/mol. The lowest BCUT2D eigenvalue weighted by molar-refractivity contribution is -0.384. The van der Waals surface area contributed by atoms with Crippen LogP contribution in [0.1, 0.15) is 5.69 Å². The zero-order chi connectivity index (χ0) is 19.5. The minimum Gasteiger partial charge on any atom is -0.363 e. The summed E-state index contributed by atoms with van der Waals surface area (Å²) in [5, 5.41) is 15.1. The van der Waals surface area contributed by atoms with E-state index < -0.39 is 0 Å². The van der Waals surface area contributed by atoms with Gasteiger partial charge >= 0.3 is 0 Å². The van der Waals surface area contributed by atoms with Crippen LogP contribution in [0.4, 0.5) is 11.4 Å². The molecule has 2 aromatic carbocycles. The smallest absolute Gasteiger partial charge is 0.292 e. The molecule has 6 nitrogen and oxygen atoms in total. The van der Waals surface area contributed by atoms with Crippen molar-refractivity contribution in [3.8, 4) is 10.6 Å². The van der Waals surface area contributed by atoms with Crippen molar-refractivity contribution in [2.24, 2.45) is 0 Å². The van der Waals surface area contributed by atoms with Crippen LogP contribution in [0.15, 0.2) is 53.9 Å². The standard InChI is InChI=1S/C20H19ClN4O2S/c21-16-7-5-15(6-8-16)20-22-17(14-28-20)13-23-9-11-24(12-10-23)18-3-1-2-4-19(18)25(26)27/h1-8,14H,9-13H2. The van der Waals surface area contributed by atoms with Crippen molar-refractivity contribution in [2.45, 2.75) is 6.54 Å². The molecule has 0 bridgehead atoms. The molecule has 0 N–H and O–H groups in total. The van der Waals surface area contributed by atoms with Crippen molar-refractivity contribution in [1.82, 2.24) is 9.88 Å². The molecule has 1 aliphatic rings. The van der Waals surface area contributed by atoms with Crippen LogP contribution in [0, 0.1) is 10.1 Å². The number of thiazole rings is 1. The molecule has 0 saturated carbocycles. The molecule has 0 radical (unpaired) electrons. The van der Waals surface area contributed by atoms with E-state index in [1.807, 2.05) is 36.4 Å². The summed E-state index contributed by atoms with van der Waals surface area (Å²) in [4.78, 5) is 20.1. The number of halogens is 1. The van der Waals surface area contributed by atoms with Gasteiger partial charge in [-0.05, 0) is 18.2 Å². The molecule has 8 heteroatoms. The molecule has 1 aliphatic heterocycles. The van der Waals surface area contributed by atoms with Crippen LogP contribution in [0.5, 0.6) is 0 Å². The predicted octanol–water partition coefficient (Wildman–Crippen LogP) is 4.69. The van der Waals surface area contributed by atoms with Gasteiger partial charge in [-0.25, -0.2) is 4.98 Å². The fraction of sp³-hybridized carbons (Fsp3) is 0.250. The number of anilines is 1. The number of rotatable bonds is 5. The Bertz CT molecular complexity index is 968. The highest BCUT2D eigenvalue weighted by Crippen LogP contribution is 2.29. The van der Waals surface area contributed by atoms with Crippen molar-refractivity contribution < 1.29 is 4.92 Å². The van der Waals surface area contributed by atoms with Crippen molar-refractivity contribution in [1.29, 1.82) is 0 Å². The van der Waals surface area contributed by atoms with E-state index in [0.29, 0.717) is 5.69 Å². The van der Waals surface area contributed by atoms with E-state index in [4.69, 9.17) is 16.6 Å². The van der Waals surface area contributed by atoms with Crippen LogP contribution < -0.4 is 4.90 Å². The Balaban J connectivity index is 1.38. The summed E-state index contributed by atoms with van der Waals surface area (Å²) in [7, 11) is 0. The number of hydrogen-bond acceptors (Lipinski definition) is 6. The Hall–Kier alpha value is -2.48. The van der Waals surface area contributed by atoms with Crippen molar-refractivity contribution in [3.63, 3.8) is 0 Å². The van der Waals surface area contributed by atoms with Crippen molar-refractivity contribution in [3.05, 3.63) is 74.7 Å². The maximum atomic E-state index is 11.3. The largest absolute Gasteiger partial charge is 0.363 e. The van der Waals surface area contributed by atoms with Crippen LogP contribution in [0.25, 0.3) is 10.6 Å². The number of benzene rings is 2. The molecule has 0 spiro atoms. The quantitative estimate of drug-likeness (QED) is 0.447. The number of nitro groups is 1. The Morgan fingerprint density at radius 1 is 1.07 bits per heavy atom. The second-order valence-electron chi connectivity index (χ2n) is 6.66. The zero-order valence-electron chi connectivity index (χ0n) is 15.1. The summed E-state index contributed by atoms with van der Waals surface area (Å²) in [6, 6.07) is 14.7. The van der Waals surface area contributed by atoms with E-state index in [2.05, 4.69) is 15.2 Å². The average molecular weight is 415 g/mol. The molecule has 144 valence electrons. The van der Waals surface area contributed by atoms with Crippen molar-refractivity contribution in [2.75, 3.05) is 31.1 Å². The molecule has 1 saturated heterocycles. The van der Waals surface area contributed by atoms with E-state index in [1.54, 1.807) is 23.5 Å². The Kier molecular flexibility index (Phi) is 5.57. The molecule has 0 unspecified atom stereocenters. The van der Waals surface area contributed by atoms with E-state index >= 15 is 0 Å². The highest BCUT2D eigenvalue weighted by molar-refractivity contribution is 7.13. The Morgan fingerprint density at radius 3 is 2.50 bits per heavy atom. The van der Waals surface area contributed by atoms with Crippen LogP contribution >= 0.6 is 22.9 Å². The Morgan fingerprint density at radius 2 is 1.79 bits per heavy atom. The third-order valence-corrected chi connectivity index (χ3v) is 6.01. The number of hydrogen-bond donors (Lipinski definition) is 0. The molecule has 0 amide bonds. The third kappa shape index (κ3) is 4.16. The van der Waals surface area contributed by atoms with Gasteiger partial charge in [-0.3, -0.25) is 15.0 Å². The van der Waals surface area contributed by atoms with E-state index in [0.717, 1.165) is 54.0 Å². The van der Waals surface area contributed by atoms with Crippen LogP contribution in [-0.2, 0) is 6.54 Å². The lowest BCUT2D eigenvalue weighted by Crippen LogP contribution is -2.46. The first-order chi connectivity index (χ1) is 13.6. The predicted molar refractivity (Wildman–Crippen MR) is 113 cm³/mol. The highest BCUT2D eigenvalue weighted by Gasteiger charge is 2.23. The summed E-state index contributed by atoms with van der Waals surface area (Å²) in [5.74, 6) is 0.